The van der Waals surface area contributed by atoms with E-state index in [0.29, 0.717) is 0 Å². The summed E-state index contributed by atoms with van der Waals surface area (Å²) in [5.74, 6) is 0.897. The van der Waals surface area contributed by atoms with E-state index in [4.69, 9.17) is 9.97 Å². The molecule has 0 aliphatic carbocycles. The third-order valence-corrected chi connectivity index (χ3v) is 9.63. The highest BCUT2D eigenvalue weighted by molar-refractivity contribution is 6.37. The molecular formula is C40H22N4. The normalized spacial score (nSPS) is 12.5. The lowest BCUT2D eigenvalue weighted by molar-refractivity contribution is 1.11. The summed E-state index contributed by atoms with van der Waals surface area (Å²) in [4.78, 5) is 10.2. The van der Waals surface area contributed by atoms with Crippen LogP contribution in [0.25, 0.3) is 98.3 Å². The maximum absolute atomic E-state index is 5.39. The lowest BCUT2D eigenvalue weighted by Crippen LogP contribution is -1.99. The van der Waals surface area contributed by atoms with Crippen LogP contribution in [-0.4, -0.2) is 18.9 Å². The van der Waals surface area contributed by atoms with Gasteiger partial charge in [-0.2, -0.15) is 0 Å². The van der Waals surface area contributed by atoms with Gasteiger partial charge in [0.25, 0.3) is 0 Å². The van der Waals surface area contributed by atoms with Crippen LogP contribution in [0.15, 0.2) is 134 Å². The molecule has 0 saturated heterocycles. The number of nitrogens with zero attached hydrogens (tertiary/aromatic N) is 4. The Morgan fingerprint density at radius 1 is 0.432 bits per heavy atom. The minimum absolute atomic E-state index is 0.897. The Kier molecular flexibility index (Phi) is 4.04. The minimum atomic E-state index is 0.897. The predicted molar refractivity (Wildman–Crippen MR) is 184 cm³/mol. The predicted octanol–water partition coefficient (Wildman–Crippen LogP) is 10.2. The molecule has 11 rings (SSSR count). The molecule has 11 aromatic rings. The molecule has 0 spiro atoms. The molecule has 0 aliphatic rings. The van der Waals surface area contributed by atoms with Gasteiger partial charge >= 0.3 is 0 Å². The molecule has 202 valence electrons. The van der Waals surface area contributed by atoms with Crippen LogP contribution in [0.4, 0.5) is 0 Å². The van der Waals surface area contributed by atoms with E-state index in [1.165, 1.54) is 70.7 Å². The highest BCUT2D eigenvalue weighted by Crippen LogP contribution is 2.47. The minimum Gasteiger partial charge on any atom is -0.308 e. The Balaban J connectivity index is 1.43. The molecule has 0 saturated carbocycles. The molecule has 4 heteroatoms. The monoisotopic (exact) mass is 558 g/mol. The van der Waals surface area contributed by atoms with Gasteiger partial charge in [0.15, 0.2) is 0 Å². The van der Waals surface area contributed by atoms with E-state index in [9.17, 15) is 0 Å². The Morgan fingerprint density at radius 2 is 1.11 bits per heavy atom. The molecular weight excluding hydrogens is 536 g/mol. The molecule has 0 fully saturated rings. The second kappa shape index (κ2) is 7.88. The van der Waals surface area contributed by atoms with Crippen molar-refractivity contribution in [2.45, 2.75) is 0 Å². The van der Waals surface area contributed by atoms with Gasteiger partial charge in [-0.25, -0.2) is 4.98 Å². The molecule has 0 amide bonds. The molecule has 5 aromatic heterocycles. The summed E-state index contributed by atoms with van der Waals surface area (Å²) in [6, 6.07) is 46.0. The first kappa shape index (κ1) is 22.6. The quantitative estimate of drug-likeness (QED) is 0.188. The highest BCUT2D eigenvalue weighted by atomic mass is 15.1. The van der Waals surface area contributed by atoms with Gasteiger partial charge in [-0.05, 0) is 41.8 Å². The molecule has 6 aromatic carbocycles. The SMILES string of the molecule is c1ccc2c(c1)ccc1c3c4c5ccccc5n5c6ccccc6c(cc3n(-c3ccc6ccc7cccnc7c6n3)c21)c45. The van der Waals surface area contributed by atoms with Gasteiger partial charge in [0, 0.05) is 54.7 Å². The van der Waals surface area contributed by atoms with Gasteiger partial charge in [0.2, 0.25) is 0 Å². The van der Waals surface area contributed by atoms with Gasteiger partial charge in [-0.1, -0.05) is 91.0 Å². The van der Waals surface area contributed by atoms with Crippen LogP contribution in [0.3, 0.4) is 0 Å². The summed E-state index contributed by atoms with van der Waals surface area (Å²) in [6.45, 7) is 0. The maximum Gasteiger partial charge on any atom is 0.138 e. The third-order valence-electron chi connectivity index (χ3n) is 9.63. The molecule has 0 aliphatic heterocycles. The summed E-state index contributed by atoms with van der Waals surface area (Å²) in [5, 5.41) is 12.2. The van der Waals surface area contributed by atoms with Crippen molar-refractivity contribution in [2.75, 3.05) is 0 Å². The van der Waals surface area contributed by atoms with E-state index in [2.05, 4.69) is 130 Å². The summed E-state index contributed by atoms with van der Waals surface area (Å²) in [7, 11) is 0. The maximum atomic E-state index is 5.39. The smallest absolute Gasteiger partial charge is 0.138 e. The molecule has 0 bridgehead atoms. The lowest BCUT2D eigenvalue weighted by Gasteiger charge is -2.11. The van der Waals surface area contributed by atoms with Crippen LogP contribution in [0.2, 0.25) is 0 Å². The molecule has 4 nitrogen and oxygen atoms in total. The van der Waals surface area contributed by atoms with Crippen molar-refractivity contribution in [3.8, 4) is 5.82 Å². The molecule has 0 unspecified atom stereocenters. The zero-order valence-corrected chi connectivity index (χ0v) is 23.5. The van der Waals surface area contributed by atoms with Gasteiger partial charge < -0.3 is 4.40 Å². The Morgan fingerprint density at radius 3 is 2.00 bits per heavy atom. The standard InChI is InChI=1S/C40H22N4/c1-2-10-26-23(8-1)17-19-29-35-33(44(39(26)29)34-20-18-25-16-15-24-9-7-21-41-37(24)38(25)42-34)22-30-27-11-3-5-13-31(27)43-32-14-6-4-12-28(32)36(35)40(30)43/h1-22H. The largest absolute Gasteiger partial charge is 0.308 e. The Hall–Kier alpha value is -6.00. The fraction of sp³-hybridized carbons (Fsp3) is 0. The van der Waals surface area contributed by atoms with E-state index >= 15 is 0 Å². The fourth-order valence-electron chi connectivity index (χ4n) is 7.85. The number of pyridine rings is 2. The summed E-state index contributed by atoms with van der Waals surface area (Å²) in [5.41, 5.74) is 7.96. The number of fused-ring (bicyclic) bond motifs is 15. The van der Waals surface area contributed by atoms with Crippen LogP contribution in [-0.2, 0) is 0 Å². The highest BCUT2D eigenvalue weighted by Gasteiger charge is 2.25. The topological polar surface area (TPSA) is 35.1 Å². The van der Waals surface area contributed by atoms with Crippen molar-refractivity contribution in [1.29, 1.82) is 0 Å². The van der Waals surface area contributed by atoms with Crippen LogP contribution < -0.4 is 0 Å². The van der Waals surface area contributed by atoms with Crippen LogP contribution in [0.5, 0.6) is 0 Å². The van der Waals surface area contributed by atoms with Crippen molar-refractivity contribution in [3.05, 3.63) is 134 Å². The van der Waals surface area contributed by atoms with E-state index in [-0.39, 0.29) is 0 Å². The van der Waals surface area contributed by atoms with Crippen LogP contribution in [0, 0.1) is 0 Å². The van der Waals surface area contributed by atoms with Crippen LogP contribution >= 0.6 is 0 Å². The number of para-hydroxylation sites is 2. The van der Waals surface area contributed by atoms with Crippen molar-refractivity contribution in [3.63, 3.8) is 0 Å². The second-order valence-corrected chi connectivity index (χ2v) is 11.8. The first-order chi connectivity index (χ1) is 21.8. The summed E-state index contributed by atoms with van der Waals surface area (Å²) < 4.78 is 4.86. The zero-order chi connectivity index (χ0) is 28.5. The molecule has 0 radical (unpaired) electrons. The lowest BCUT2D eigenvalue weighted by atomic mass is 10.0. The zero-order valence-electron chi connectivity index (χ0n) is 23.5. The second-order valence-electron chi connectivity index (χ2n) is 11.8. The third kappa shape index (κ3) is 2.65. The van der Waals surface area contributed by atoms with E-state index < -0.39 is 0 Å². The average molecular weight is 559 g/mol. The van der Waals surface area contributed by atoms with Crippen molar-refractivity contribution < 1.29 is 0 Å². The number of hydrogen-bond acceptors (Lipinski definition) is 2. The number of rotatable bonds is 1. The first-order valence-electron chi connectivity index (χ1n) is 15.0. The summed E-state index contributed by atoms with van der Waals surface area (Å²) >= 11 is 0. The van der Waals surface area contributed by atoms with Gasteiger partial charge in [-0.15, -0.1) is 0 Å². The van der Waals surface area contributed by atoms with Crippen molar-refractivity contribution >= 4 is 92.5 Å². The van der Waals surface area contributed by atoms with Crippen molar-refractivity contribution in [1.82, 2.24) is 18.9 Å². The van der Waals surface area contributed by atoms with Crippen molar-refractivity contribution in [2.24, 2.45) is 0 Å². The number of aromatic nitrogens is 4. The Labute approximate surface area is 250 Å². The van der Waals surface area contributed by atoms with E-state index in [0.717, 1.165) is 27.6 Å². The van der Waals surface area contributed by atoms with E-state index in [1.54, 1.807) is 0 Å². The van der Waals surface area contributed by atoms with Crippen LogP contribution in [0.1, 0.15) is 0 Å². The van der Waals surface area contributed by atoms with Gasteiger partial charge in [-0.3, -0.25) is 9.55 Å². The Bertz CT molecular complexity index is 3000. The van der Waals surface area contributed by atoms with Gasteiger partial charge in [0.05, 0.1) is 38.6 Å². The molecule has 0 N–H and O–H groups in total. The van der Waals surface area contributed by atoms with Gasteiger partial charge in [0.1, 0.15) is 5.82 Å². The molecule has 5 heterocycles. The number of benzene rings is 6. The van der Waals surface area contributed by atoms with E-state index in [1.807, 2.05) is 12.3 Å². The molecule has 44 heavy (non-hydrogen) atoms. The fourth-order valence-corrected chi connectivity index (χ4v) is 7.85. The number of hydrogen-bond donors (Lipinski definition) is 0. The first-order valence-corrected chi connectivity index (χ1v) is 15.0. The molecule has 0 atom stereocenters. The summed E-state index contributed by atoms with van der Waals surface area (Å²) in [6.07, 6.45) is 1.86. The average Bonchev–Trinajstić information content (AvgIpc) is 3.72.